The SMILES string of the molecule is FC(F)(F)c1ccnc(C(CCCC2CCCCC2)C2=Nc3c(Cl)ccc(OCCN4CCOCC4)c3CC2)c1. The molecule has 1 aromatic heterocycles. The van der Waals surface area contributed by atoms with Crippen molar-refractivity contribution < 1.29 is 22.6 Å². The number of benzene rings is 1. The number of hydrogen-bond acceptors (Lipinski definition) is 5. The highest BCUT2D eigenvalue weighted by Crippen LogP contribution is 2.42. The predicted octanol–water partition coefficient (Wildman–Crippen LogP) is 8.02. The monoisotopic (exact) mass is 577 g/mol. The molecule has 9 heteroatoms. The first-order chi connectivity index (χ1) is 19.4. The summed E-state index contributed by atoms with van der Waals surface area (Å²) in [6.07, 6.45) is 7.33. The third-order valence-electron chi connectivity index (χ3n) is 8.54. The van der Waals surface area contributed by atoms with E-state index in [-0.39, 0.29) is 5.92 Å². The molecule has 3 aliphatic rings. The van der Waals surface area contributed by atoms with Crippen LogP contribution in [0.1, 0.15) is 80.5 Å². The molecule has 0 bridgehead atoms. The van der Waals surface area contributed by atoms with Gasteiger partial charge in [-0.25, -0.2) is 0 Å². The summed E-state index contributed by atoms with van der Waals surface area (Å²) in [6, 6.07) is 5.95. The Labute approximate surface area is 240 Å². The van der Waals surface area contributed by atoms with E-state index in [9.17, 15) is 13.2 Å². The van der Waals surface area contributed by atoms with Crippen molar-refractivity contribution in [3.05, 3.63) is 52.3 Å². The number of alkyl halides is 3. The number of hydrogen-bond donors (Lipinski definition) is 0. The average Bonchev–Trinajstić information content (AvgIpc) is 2.97. The van der Waals surface area contributed by atoms with Crippen molar-refractivity contribution in [2.45, 2.75) is 76.3 Å². The van der Waals surface area contributed by atoms with Gasteiger partial charge >= 0.3 is 6.18 Å². The van der Waals surface area contributed by atoms with Crippen molar-refractivity contribution in [3.8, 4) is 5.75 Å². The molecule has 40 heavy (non-hydrogen) atoms. The first-order valence-corrected chi connectivity index (χ1v) is 15.1. The summed E-state index contributed by atoms with van der Waals surface area (Å²) in [7, 11) is 0. The predicted molar refractivity (Wildman–Crippen MR) is 152 cm³/mol. The summed E-state index contributed by atoms with van der Waals surface area (Å²) in [6.45, 7) is 4.68. The van der Waals surface area contributed by atoms with E-state index in [1.807, 2.05) is 6.07 Å². The maximum absolute atomic E-state index is 13.6. The highest BCUT2D eigenvalue weighted by atomic mass is 35.5. The molecule has 1 aliphatic carbocycles. The van der Waals surface area contributed by atoms with E-state index >= 15 is 0 Å². The Hall–Kier alpha value is -2.16. The molecule has 1 unspecified atom stereocenters. The summed E-state index contributed by atoms with van der Waals surface area (Å²) in [4.78, 5) is 11.7. The molecule has 2 aliphatic heterocycles. The summed E-state index contributed by atoms with van der Waals surface area (Å²) in [5.41, 5.74) is 2.28. The summed E-state index contributed by atoms with van der Waals surface area (Å²) in [5, 5.41) is 0.533. The highest BCUT2D eigenvalue weighted by molar-refractivity contribution is 6.33. The quantitative estimate of drug-likeness (QED) is 0.287. The van der Waals surface area contributed by atoms with Crippen molar-refractivity contribution in [2.75, 3.05) is 39.5 Å². The molecule has 0 N–H and O–H groups in total. The topological polar surface area (TPSA) is 47.0 Å². The minimum absolute atomic E-state index is 0.277. The van der Waals surface area contributed by atoms with Crippen LogP contribution in [0.25, 0.3) is 0 Å². The number of pyridine rings is 1. The van der Waals surface area contributed by atoms with Crippen LogP contribution in [-0.4, -0.2) is 55.1 Å². The lowest BCUT2D eigenvalue weighted by Gasteiger charge is -2.28. The van der Waals surface area contributed by atoms with Gasteiger partial charge in [0.2, 0.25) is 0 Å². The molecule has 218 valence electrons. The Morgan fingerprint density at radius 1 is 1.07 bits per heavy atom. The Morgan fingerprint density at radius 2 is 1.88 bits per heavy atom. The fourth-order valence-corrected chi connectivity index (χ4v) is 6.51. The second kappa shape index (κ2) is 13.7. The van der Waals surface area contributed by atoms with Crippen molar-refractivity contribution in [3.63, 3.8) is 0 Å². The van der Waals surface area contributed by atoms with Crippen molar-refractivity contribution >= 4 is 23.0 Å². The zero-order valence-corrected chi connectivity index (χ0v) is 23.8. The summed E-state index contributed by atoms with van der Waals surface area (Å²) >= 11 is 6.63. The lowest BCUT2D eigenvalue weighted by Crippen LogP contribution is -2.38. The van der Waals surface area contributed by atoms with E-state index in [1.165, 1.54) is 44.4 Å². The first-order valence-electron chi connectivity index (χ1n) is 14.7. The number of aliphatic imine (C=N–C) groups is 1. The molecule has 0 spiro atoms. The first kappa shape index (κ1) is 29.3. The number of morpholine rings is 1. The van der Waals surface area contributed by atoms with E-state index in [0.717, 1.165) is 75.2 Å². The van der Waals surface area contributed by atoms with Gasteiger partial charge < -0.3 is 9.47 Å². The van der Waals surface area contributed by atoms with Crippen molar-refractivity contribution in [2.24, 2.45) is 10.9 Å². The molecule has 1 aromatic carbocycles. The van der Waals surface area contributed by atoms with E-state index in [2.05, 4.69) is 9.88 Å². The highest BCUT2D eigenvalue weighted by Gasteiger charge is 2.33. The summed E-state index contributed by atoms with van der Waals surface area (Å²) in [5.74, 6) is 1.21. The van der Waals surface area contributed by atoms with Gasteiger partial charge in [-0.15, -0.1) is 0 Å². The number of rotatable bonds is 10. The Kier molecular flexibility index (Phi) is 10.0. The number of fused-ring (bicyclic) bond motifs is 1. The van der Waals surface area contributed by atoms with Gasteiger partial charge in [0, 0.05) is 48.7 Å². The molecule has 0 amide bonds. The van der Waals surface area contributed by atoms with Crippen LogP contribution in [0.15, 0.2) is 35.5 Å². The third-order valence-corrected chi connectivity index (χ3v) is 8.85. The Morgan fingerprint density at radius 3 is 2.65 bits per heavy atom. The minimum Gasteiger partial charge on any atom is -0.492 e. The molecule has 1 saturated heterocycles. The van der Waals surface area contributed by atoms with E-state index in [1.54, 1.807) is 6.07 Å². The van der Waals surface area contributed by atoms with Crippen LogP contribution in [0.4, 0.5) is 18.9 Å². The molecule has 2 aromatic rings. The van der Waals surface area contributed by atoms with Gasteiger partial charge in [-0.3, -0.25) is 14.9 Å². The fourth-order valence-electron chi connectivity index (χ4n) is 6.29. The van der Waals surface area contributed by atoms with E-state index in [4.69, 9.17) is 26.1 Å². The van der Waals surface area contributed by atoms with Gasteiger partial charge in [0.15, 0.2) is 0 Å². The lowest BCUT2D eigenvalue weighted by atomic mass is 9.82. The molecule has 5 nitrogen and oxygen atoms in total. The van der Waals surface area contributed by atoms with Crippen LogP contribution in [0.5, 0.6) is 5.75 Å². The van der Waals surface area contributed by atoms with Crippen LogP contribution < -0.4 is 4.74 Å². The van der Waals surface area contributed by atoms with Gasteiger partial charge in [0.25, 0.3) is 0 Å². The van der Waals surface area contributed by atoms with Crippen LogP contribution in [0.2, 0.25) is 5.02 Å². The van der Waals surface area contributed by atoms with Crippen LogP contribution in [-0.2, 0) is 17.3 Å². The zero-order valence-electron chi connectivity index (χ0n) is 23.0. The van der Waals surface area contributed by atoms with Crippen molar-refractivity contribution in [1.82, 2.24) is 9.88 Å². The smallest absolute Gasteiger partial charge is 0.416 e. The second-order valence-electron chi connectivity index (χ2n) is 11.2. The van der Waals surface area contributed by atoms with Crippen LogP contribution >= 0.6 is 11.6 Å². The minimum atomic E-state index is -4.41. The maximum atomic E-state index is 13.6. The zero-order chi connectivity index (χ0) is 28.0. The summed E-state index contributed by atoms with van der Waals surface area (Å²) < 4.78 is 52.4. The van der Waals surface area contributed by atoms with Gasteiger partial charge in [0.05, 0.1) is 29.5 Å². The Balaban J connectivity index is 1.36. The number of nitrogens with zero attached hydrogens (tertiary/aromatic N) is 3. The van der Waals surface area contributed by atoms with Gasteiger partial charge in [0.1, 0.15) is 12.4 Å². The van der Waals surface area contributed by atoms with Crippen LogP contribution in [0.3, 0.4) is 0 Å². The van der Waals surface area contributed by atoms with Crippen molar-refractivity contribution in [1.29, 1.82) is 0 Å². The lowest BCUT2D eigenvalue weighted by molar-refractivity contribution is -0.137. The van der Waals surface area contributed by atoms with Gasteiger partial charge in [-0.1, -0.05) is 56.5 Å². The molecular weight excluding hydrogens is 539 g/mol. The largest absolute Gasteiger partial charge is 0.492 e. The molecule has 1 saturated carbocycles. The van der Waals surface area contributed by atoms with Crippen LogP contribution in [0, 0.1) is 5.92 Å². The average molecular weight is 578 g/mol. The third kappa shape index (κ3) is 7.56. The normalized spacial score (nSPS) is 19.6. The van der Waals surface area contributed by atoms with E-state index in [0.29, 0.717) is 41.8 Å². The maximum Gasteiger partial charge on any atom is 0.416 e. The number of ether oxygens (including phenoxy) is 2. The van der Waals surface area contributed by atoms with Gasteiger partial charge in [-0.2, -0.15) is 13.2 Å². The van der Waals surface area contributed by atoms with Gasteiger partial charge in [-0.05, 0) is 49.4 Å². The molecule has 1 atom stereocenters. The number of aromatic nitrogens is 1. The second-order valence-corrected chi connectivity index (χ2v) is 11.6. The molecule has 2 fully saturated rings. The van der Waals surface area contributed by atoms with E-state index < -0.39 is 11.7 Å². The standard InChI is InChI=1S/C31H39ClF3N3O2/c32-26-10-12-29(40-20-17-38-15-18-39-19-16-38)25-9-11-27(37-30(25)26)24(8-4-7-22-5-2-1-3-6-22)28-21-23(13-14-36-28)31(33,34)35/h10,12-14,21-22,24H,1-9,11,15-20H2. The fraction of sp³-hybridized carbons (Fsp3) is 0.613. The molecule has 5 rings (SSSR count). The molecular formula is C31H39ClF3N3O2. The molecule has 0 radical (unpaired) electrons. The molecule has 3 heterocycles. The Bertz CT molecular complexity index is 1160. The number of halogens is 4.